The SMILES string of the molecule is Cc1c(Cl)cc(C(F)(F)F)c2nc(CCc3[nH]nnc3C3CCOCC3N3CCCC3)nn12. The molecule has 2 saturated heterocycles. The second-order valence-corrected chi connectivity index (χ2v) is 9.12. The van der Waals surface area contributed by atoms with Gasteiger partial charge in [0.15, 0.2) is 11.5 Å². The van der Waals surface area contributed by atoms with Gasteiger partial charge in [0.05, 0.1) is 28.7 Å². The van der Waals surface area contributed by atoms with Gasteiger partial charge in [-0.2, -0.15) is 18.3 Å². The molecular weight excluding hydrogens is 459 g/mol. The van der Waals surface area contributed by atoms with Crippen LogP contribution in [0, 0.1) is 6.92 Å². The second kappa shape index (κ2) is 8.84. The van der Waals surface area contributed by atoms with Gasteiger partial charge in [0.2, 0.25) is 0 Å². The van der Waals surface area contributed by atoms with Gasteiger partial charge in [-0.1, -0.05) is 16.8 Å². The van der Waals surface area contributed by atoms with Crippen molar-refractivity contribution in [2.75, 3.05) is 26.3 Å². The minimum Gasteiger partial charge on any atom is -0.380 e. The highest BCUT2D eigenvalue weighted by Gasteiger charge is 2.37. The number of halogens is 4. The highest BCUT2D eigenvalue weighted by atomic mass is 35.5. The van der Waals surface area contributed by atoms with E-state index in [9.17, 15) is 13.2 Å². The molecule has 2 aliphatic heterocycles. The summed E-state index contributed by atoms with van der Waals surface area (Å²) in [7, 11) is 0. The lowest BCUT2D eigenvalue weighted by molar-refractivity contribution is -0.136. The molecule has 2 aliphatic rings. The van der Waals surface area contributed by atoms with Gasteiger partial charge in [0, 0.05) is 25.0 Å². The summed E-state index contributed by atoms with van der Waals surface area (Å²) < 4.78 is 47.4. The first-order valence-corrected chi connectivity index (χ1v) is 11.5. The molecule has 0 bridgehead atoms. The zero-order chi connectivity index (χ0) is 23.2. The molecule has 2 unspecified atom stereocenters. The number of aromatic amines is 1. The quantitative estimate of drug-likeness (QED) is 0.597. The maximum atomic E-state index is 13.5. The van der Waals surface area contributed by atoms with Crippen molar-refractivity contribution < 1.29 is 17.9 Å². The number of aryl methyl sites for hydroxylation is 3. The van der Waals surface area contributed by atoms with Crippen LogP contribution in [-0.4, -0.2) is 67.3 Å². The van der Waals surface area contributed by atoms with Crippen molar-refractivity contribution in [3.05, 3.63) is 39.6 Å². The number of aromatic nitrogens is 6. The number of ether oxygens (including phenoxy) is 1. The second-order valence-electron chi connectivity index (χ2n) is 8.71. The van der Waals surface area contributed by atoms with Gasteiger partial charge in [-0.3, -0.25) is 10.00 Å². The number of alkyl halides is 3. The Kier molecular flexibility index (Phi) is 6.04. The topological polar surface area (TPSA) is 84.2 Å². The molecule has 0 radical (unpaired) electrons. The van der Waals surface area contributed by atoms with Crippen molar-refractivity contribution in [2.24, 2.45) is 0 Å². The summed E-state index contributed by atoms with van der Waals surface area (Å²) >= 11 is 6.02. The van der Waals surface area contributed by atoms with E-state index in [-0.39, 0.29) is 22.6 Å². The highest BCUT2D eigenvalue weighted by molar-refractivity contribution is 6.31. The van der Waals surface area contributed by atoms with Crippen molar-refractivity contribution in [3.8, 4) is 0 Å². The molecule has 178 valence electrons. The lowest BCUT2D eigenvalue weighted by Crippen LogP contribution is -2.44. The smallest absolute Gasteiger partial charge is 0.380 e. The molecule has 3 aromatic rings. The van der Waals surface area contributed by atoms with Gasteiger partial charge in [-0.05, 0) is 51.8 Å². The van der Waals surface area contributed by atoms with Crippen LogP contribution < -0.4 is 0 Å². The van der Waals surface area contributed by atoms with Crippen LogP contribution in [-0.2, 0) is 23.8 Å². The molecule has 0 aromatic carbocycles. The molecule has 0 spiro atoms. The van der Waals surface area contributed by atoms with E-state index in [1.165, 1.54) is 17.4 Å². The molecular formula is C21H25ClF3N7O. The fourth-order valence-corrected chi connectivity index (χ4v) is 5.11. The highest BCUT2D eigenvalue weighted by Crippen LogP contribution is 2.35. The van der Waals surface area contributed by atoms with E-state index in [1.54, 1.807) is 6.92 Å². The van der Waals surface area contributed by atoms with Crippen molar-refractivity contribution in [1.29, 1.82) is 0 Å². The summed E-state index contributed by atoms with van der Waals surface area (Å²) in [6, 6.07) is 1.17. The summed E-state index contributed by atoms with van der Waals surface area (Å²) in [5.74, 6) is 0.520. The van der Waals surface area contributed by atoms with Gasteiger partial charge in [-0.15, -0.1) is 5.10 Å². The maximum Gasteiger partial charge on any atom is 0.420 e. The van der Waals surface area contributed by atoms with E-state index < -0.39 is 11.7 Å². The molecule has 0 saturated carbocycles. The minimum absolute atomic E-state index is 0.00111. The Labute approximate surface area is 193 Å². The summed E-state index contributed by atoms with van der Waals surface area (Å²) in [6.45, 7) is 5.09. The monoisotopic (exact) mass is 483 g/mol. The molecule has 5 rings (SSSR count). The van der Waals surface area contributed by atoms with Crippen LogP contribution in [0.1, 0.15) is 53.7 Å². The lowest BCUT2D eigenvalue weighted by atomic mass is 9.88. The number of fused-ring (bicyclic) bond motifs is 1. The van der Waals surface area contributed by atoms with Crippen molar-refractivity contribution in [1.82, 2.24) is 34.9 Å². The Morgan fingerprint density at radius 3 is 2.79 bits per heavy atom. The third-order valence-electron chi connectivity index (χ3n) is 6.67. The number of likely N-dealkylation sites (tertiary alicyclic amines) is 1. The number of hydrogen-bond acceptors (Lipinski definition) is 6. The van der Waals surface area contributed by atoms with E-state index in [4.69, 9.17) is 16.3 Å². The Bertz CT molecular complexity index is 1140. The molecule has 5 heterocycles. The Hall–Kier alpha value is -2.24. The first-order valence-electron chi connectivity index (χ1n) is 11.2. The average molecular weight is 484 g/mol. The van der Waals surface area contributed by atoms with Crippen LogP contribution in [0.25, 0.3) is 5.65 Å². The van der Waals surface area contributed by atoms with Crippen LogP contribution in [0.5, 0.6) is 0 Å². The Morgan fingerprint density at radius 1 is 1.24 bits per heavy atom. The number of nitrogens with zero attached hydrogens (tertiary/aromatic N) is 6. The average Bonchev–Trinajstić information content (AvgIpc) is 3.54. The van der Waals surface area contributed by atoms with E-state index in [0.29, 0.717) is 37.6 Å². The number of pyridine rings is 1. The van der Waals surface area contributed by atoms with Gasteiger partial charge in [-0.25, -0.2) is 9.50 Å². The number of nitrogens with one attached hydrogen (secondary N) is 1. The molecule has 12 heteroatoms. The van der Waals surface area contributed by atoms with Crippen LogP contribution >= 0.6 is 11.6 Å². The van der Waals surface area contributed by atoms with Crippen molar-refractivity contribution in [2.45, 2.75) is 57.2 Å². The summed E-state index contributed by atoms with van der Waals surface area (Å²) in [5, 5.41) is 15.7. The standard InChI is InChI=1S/C21H25ClF3N7O/c1-12-15(22)10-14(21(23,24)25)20-26-18(29-32(12)20)5-4-16-19(28-30-27-16)13-6-9-33-11-17(13)31-7-2-3-8-31/h10,13,17H,2-9,11H2,1H3,(H,27,28,30). The van der Waals surface area contributed by atoms with E-state index in [0.717, 1.165) is 37.0 Å². The lowest BCUT2D eigenvalue weighted by Gasteiger charge is -2.37. The van der Waals surface area contributed by atoms with E-state index in [1.807, 2.05) is 0 Å². The van der Waals surface area contributed by atoms with Crippen LogP contribution in [0.2, 0.25) is 5.02 Å². The van der Waals surface area contributed by atoms with E-state index in [2.05, 4.69) is 30.4 Å². The number of rotatable bonds is 5. The zero-order valence-electron chi connectivity index (χ0n) is 18.2. The van der Waals surface area contributed by atoms with Gasteiger partial charge in [0.1, 0.15) is 5.56 Å². The third kappa shape index (κ3) is 4.33. The predicted octanol–water partition coefficient (Wildman–Crippen LogP) is 3.58. The third-order valence-corrected chi connectivity index (χ3v) is 7.05. The fourth-order valence-electron chi connectivity index (χ4n) is 4.92. The van der Waals surface area contributed by atoms with Crippen LogP contribution in [0.4, 0.5) is 13.2 Å². The molecule has 3 aromatic heterocycles. The summed E-state index contributed by atoms with van der Waals surface area (Å²) in [6.07, 6.45) is -0.478. The summed E-state index contributed by atoms with van der Waals surface area (Å²) in [4.78, 5) is 6.66. The van der Waals surface area contributed by atoms with Crippen molar-refractivity contribution >= 4 is 17.2 Å². The Balaban J connectivity index is 1.39. The van der Waals surface area contributed by atoms with Crippen LogP contribution in [0.15, 0.2) is 6.07 Å². The minimum atomic E-state index is -4.57. The number of H-pyrrole nitrogens is 1. The predicted molar refractivity (Wildman–Crippen MR) is 114 cm³/mol. The van der Waals surface area contributed by atoms with E-state index >= 15 is 0 Å². The van der Waals surface area contributed by atoms with Crippen LogP contribution in [0.3, 0.4) is 0 Å². The molecule has 1 N–H and O–H groups in total. The maximum absolute atomic E-state index is 13.5. The molecule has 8 nitrogen and oxygen atoms in total. The largest absolute Gasteiger partial charge is 0.420 e. The Morgan fingerprint density at radius 2 is 2.03 bits per heavy atom. The van der Waals surface area contributed by atoms with Crippen molar-refractivity contribution in [3.63, 3.8) is 0 Å². The normalized spacial score (nSPS) is 22.5. The number of hydrogen-bond donors (Lipinski definition) is 1. The van der Waals surface area contributed by atoms with Gasteiger partial charge >= 0.3 is 6.18 Å². The molecule has 2 atom stereocenters. The fraction of sp³-hybridized carbons (Fsp3) is 0.619. The molecule has 0 amide bonds. The first-order chi connectivity index (χ1) is 15.8. The summed E-state index contributed by atoms with van der Waals surface area (Å²) in [5.41, 5.74) is 1.07. The molecule has 2 fully saturated rings. The zero-order valence-corrected chi connectivity index (χ0v) is 19.0. The molecule has 33 heavy (non-hydrogen) atoms. The molecule has 0 aliphatic carbocycles. The first kappa shape index (κ1) is 22.5. The van der Waals surface area contributed by atoms with Gasteiger partial charge in [0.25, 0.3) is 0 Å². The van der Waals surface area contributed by atoms with Gasteiger partial charge < -0.3 is 4.74 Å².